The van der Waals surface area contributed by atoms with Gasteiger partial charge in [-0.15, -0.1) is 10.2 Å². The molecular weight excluding hydrogens is 294 g/mol. The van der Waals surface area contributed by atoms with Crippen molar-refractivity contribution in [3.8, 4) is 0 Å². The third-order valence-corrected chi connectivity index (χ3v) is 4.74. The van der Waals surface area contributed by atoms with E-state index in [9.17, 15) is 4.79 Å². The van der Waals surface area contributed by atoms with Crippen molar-refractivity contribution in [2.45, 2.75) is 57.9 Å². The molecule has 0 spiro atoms. The van der Waals surface area contributed by atoms with Crippen LogP contribution in [0.15, 0.2) is 4.52 Å². The standard InChI is InChI=1S/C16H21N5O2/c22-16(15-11-5-1-2-6-12(11)23-20-15)17-9-8-14-19-18-13-7-3-4-10-21(13)14/h1-10H2,(H,17,22). The minimum atomic E-state index is -0.143. The molecule has 1 amide bonds. The van der Waals surface area contributed by atoms with Crippen molar-refractivity contribution in [2.75, 3.05) is 6.54 Å². The van der Waals surface area contributed by atoms with Crippen LogP contribution < -0.4 is 5.32 Å². The summed E-state index contributed by atoms with van der Waals surface area (Å²) < 4.78 is 7.49. The Morgan fingerprint density at radius 3 is 2.96 bits per heavy atom. The second kappa shape index (κ2) is 6.14. The second-order valence-corrected chi connectivity index (χ2v) is 6.29. The lowest BCUT2D eigenvalue weighted by Gasteiger charge is -2.14. The second-order valence-electron chi connectivity index (χ2n) is 6.29. The van der Waals surface area contributed by atoms with Crippen molar-refractivity contribution in [2.24, 2.45) is 0 Å². The monoisotopic (exact) mass is 315 g/mol. The predicted octanol–water partition coefficient (Wildman–Crippen LogP) is 1.45. The number of hydrogen-bond donors (Lipinski definition) is 1. The number of aromatic nitrogens is 4. The number of hydrogen-bond acceptors (Lipinski definition) is 5. The number of nitrogens with one attached hydrogen (secondary N) is 1. The smallest absolute Gasteiger partial charge is 0.273 e. The molecule has 4 rings (SSSR count). The molecule has 0 unspecified atom stereocenters. The van der Waals surface area contributed by atoms with E-state index in [-0.39, 0.29) is 5.91 Å². The Hall–Kier alpha value is -2.18. The molecule has 23 heavy (non-hydrogen) atoms. The highest BCUT2D eigenvalue weighted by Crippen LogP contribution is 2.24. The lowest BCUT2D eigenvalue weighted by atomic mass is 9.96. The third kappa shape index (κ3) is 2.75. The van der Waals surface area contributed by atoms with E-state index in [1.807, 2.05) is 0 Å². The average Bonchev–Trinajstić information content (AvgIpc) is 3.19. The lowest BCUT2D eigenvalue weighted by molar-refractivity contribution is 0.0944. The van der Waals surface area contributed by atoms with E-state index in [0.717, 1.165) is 61.6 Å². The SMILES string of the molecule is O=C(NCCc1nnc2n1CCCC2)c1noc2c1CCCC2. The van der Waals surface area contributed by atoms with Gasteiger partial charge in [-0.25, -0.2) is 0 Å². The molecule has 2 aromatic heterocycles. The molecule has 1 N–H and O–H groups in total. The van der Waals surface area contributed by atoms with Crippen molar-refractivity contribution in [3.63, 3.8) is 0 Å². The number of carbonyl (C=O) groups is 1. The summed E-state index contributed by atoms with van der Waals surface area (Å²) in [5.41, 5.74) is 1.46. The first kappa shape index (κ1) is 14.4. The van der Waals surface area contributed by atoms with Gasteiger partial charge in [0.05, 0.1) is 0 Å². The third-order valence-electron chi connectivity index (χ3n) is 4.74. The zero-order valence-corrected chi connectivity index (χ0v) is 13.2. The van der Waals surface area contributed by atoms with Gasteiger partial charge in [0.1, 0.15) is 17.4 Å². The molecule has 7 nitrogen and oxygen atoms in total. The van der Waals surface area contributed by atoms with Crippen LogP contribution in [0.3, 0.4) is 0 Å². The number of carbonyl (C=O) groups excluding carboxylic acids is 1. The highest BCUT2D eigenvalue weighted by Gasteiger charge is 2.24. The van der Waals surface area contributed by atoms with E-state index in [1.165, 1.54) is 12.8 Å². The summed E-state index contributed by atoms with van der Waals surface area (Å²) in [5, 5.41) is 15.4. The van der Waals surface area contributed by atoms with Crippen LogP contribution in [0.1, 0.15) is 59.1 Å². The Morgan fingerprint density at radius 1 is 1.13 bits per heavy atom. The number of nitrogens with zero attached hydrogens (tertiary/aromatic N) is 4. The Morgan fingerprint density at radius 2 is 2.00 bits per heavy atom. The van der Waals surface area contributed by atoms with Gasteiger partial charge in [0.25, 0.3) is 5.91 Å². The van der Waals surface area contributed by atoms with Crippen molar-refractivity contribution >= 4 is 5.91 Å². The fourth-order valence-corrected chi connectivity index (χ4v) is 3.49. The molecule has 0 saturated carbocycles. The van der Waals surface area contributed by atoms with Gasteiger partial charge in [-0.05, 0) is 32.1 Å². The van der Waals surface area contributed by atoms with Crippen LogP contribution in [-0.4, -0.2) is 32.4 Å². The maximum absolute atomic E-state index is 12.3. The van der Waals surface area contributed by atoms with E-state index in [2.05, 4.69) is 25.2 Å². The normalized spacial score (nSPS) is 16.7. The zero-order valence-electron chi connectivity index (χ0n) is 13.2. The van der Waals surface area contributed by atoms with Crippen LogP contribution in [0.4, 0.5) is 0 Å². The number of fused-ring (bicyclic) bond motifs is 2. The van der Waals surface area contributed by atoms with Gasteiger partial charge in [-0.1, -0.05) is 5.16 Å². The maximum Gasteiger partial charge on any atom is 0.273 e. The van der Waals surface area contributed by atoms with Gasteiger partial charge in [-0.2, -0.15) is 0 Å². The minimum Gasteiger partial charge on any atom is -0.360 e. The van der Waals surface area contributed by atoms with Gasteiger partial charge in [0, 0.05) is 37.9 Å². The summed E-state index contributed by atoms with van der Waals surface area (Å²) in [5.74, 6) is 2.77. The van der Waals surface area contributed by atoms with E-state index in [0.29, 0.717) is 18.7 Å². The van der Waals surface area contributed by atoms with Gasteiger partial charge in [0.15, 0.2) is 5.69 Å². The molecule has 7 heteroatoms. The Balaban J connectivity index is 1.37. The van der Waals surface area contributed by atoms with E-state index in [1.54, 1.807) is 0 Å². The van der Waals surface area contributed by atoms with Gasteiger partial charge >= 0.3 is 0 Å². The maximum atomic E-state index is 12.3. The number of aryl methyl sites for hydroxylation is 2. The predicted molar refractivity (Wildman–Crippen MR) is 82.1 cm³/mol. The first-order valence-electron chi connectivity index (χ1n) is 8.49. The van der Waals surface area contributed by atoms with E-state index < -0.39 is 0 Å². The summed E-state index contributed by atoms with van der Waals surface area (Å²) in [7, 11) is 0. The minimum absolute atomic E-state index is 0.143. The molecule has 0 radical (unpaired) electrons. The summed E-state index contributed by atoms with van der Waals surface area (Å²) in [6, 6.07) is 0. The van der Waals surface area contributed by atoms with Crippen molar-refractivity contribution < 1.29 is 9.32 Å². The van der Waals surface area contributed by atoms with Crippen LogP contribution in [0.5, 0.6) is 0 Å². The summed E-state index contributed by atoms with van der Waals surface area (Å²) >= 11 is 0. The molecule has 1 aliphatic carbocycles. The van der Waals surface area contributed by atoms with Crippen LogP contribution in [0.25, 0.3) is 0 Å². The number of rotatable bonds is 4. The average molecular weight is 315 g/mol. The quantitative estimate of drug-likeness (QED) is 0.923. The molecule has 0 fully saturated rings. The Bertz CT molecular complexity index is 718. The highest BCUT2D eigenvalue weighted by atomic mass is 16.5. The van der Waals surface area contributed by atoms with Crippen LogP contribution in [0.2, 0.25) is 0 Å². The van der Waals surface area contributed by atoms with Gasteiger partial charge < -0.3 is 14.4 Å². The first-order chi connectivity index (χ1) is 11.3. The molecule has 0 bridgehead atoms. The molecular formula is C16H21N5O2. The molecule has 2 aromatic rings. The van der Waals surface area contributed by atoms with Crippen molar-refractivity contribution in [1.29, 1.82) is 0 Å². The van der Waals surface area contributed by atoms with Crippen LogP contribution in [0, 0.1) is 0 Å². The first-order valence-corrected chi connectivity index (χ1v) is 8.49. The highest BCUT2D eigenvalue weighted by molar-refractivity contribution is 5.93. The van der Waals surface area contributed by atoms with Crippen LogP contribution >= 0.6 is 0 Å². The molecule has 3 heterocycles. The molecule has 0 atom stereocenters. The van der Waals surface area contributed by atoms with Crippen molar-refractivity contribution in [3.05, 3.63) is 28.7 Å². The largest absolute Gasteiger partial charge is 0.360 e. The molecule has 0 saturated heterocycles. The fraction of sp³-hybridized carbons (Fsp3) is 0.625. The topological polar surface area (TPSA) is 85.8 Å². The van der Waals surface area contributed by atoms with Gasteiger partial charge in [-0.3, -0.25) is 4.79 Å². The number of amides is 1. The van der Waals surface area contributed by atoms with Gasteiger partial charge in [0.2, 0.25) is 0 Å². The summed E-state index contributed by atoms with van der Waals surface area (Å²) in [6.45, 7) is 1.53. The van der Waals surface area contributed by atoms with E-state index >= 15 is 0 Å². The van der Waals surface area contributed by atoms with Crippen LogP contribution in [-0.2, 0) is 32.2 Å². The lowest BCUT2D eigenvalue weighted by Crippen LogP contribution is -2.28. The zero-order chi connectivity index (χ0) is 15.6. The molecule has 122 valence electrons. The molecule has 1 aliphatic heterocycles. The molecule has 2 aliphatic rings. The Labute approximate surface area is 134 Å². The summed E-state index contributed by atoms with van der Waals surface area (Å²) in [4.78, 5) is 12.3. The fourth-order valence-electron chi connectivity index (χ4n) is 3.49. The van der Waals surface area contributed by atoms with E-state index in [4.69, 9.17) is 4.52 Å². The summed E-state index contributed by atoms with van der Waals surface area (Å²) in [6.07, 6.45) is 8.05. The van der Waals surface area contributed by atoms with Crippen molar-refractivity contribution in [1.82, 2.24) is 25.2 Å². The Kier molecular flexibility index (Phi) is 3.85. The molecule has 0 aromatic carbocycles.